The first kappa shape index (κ1) is 20.6. The van der Waals surface area contributed by atoms with E-state index in [9.17, 15) is 19.2 Å². The number of imide groups is 1. The van der Waals surface area contributed by atoms with Crippen molar-refractivity contribution >= 4 is 23.7 Å². The van der Waals surface area contributed by atoms with Crippen molar-refractivity contribution in [1.29, 1.82) is 0 Å². The van der Waals surface area contributed by atoms with Gasteiger partial charge >= 0.3 is 5.97 Å². The average Bonchev–Trinajstić information content (AvgIpc) is 2.99. The predicted molar refractivity (Wildman–Crippen MR) is 102 cm³/mol. The van der Waals surface area contributed by atoms with Crippen LogP contribution < -0.4 is 10.1 Å². The molecule has 1 saturated heterocycles. The highest BCUT2D eigenvalue weighted by Crippen LogP contribution is 2.34. The molecule has 8 heteroatoms. The minimum absolute atomic E-state index is 0.0215. The van der Waals surface area contributed by atoms with E-state index in [4.69, 9.17) is 9.47 Å². The van der Waals surface area contributed by atoms with E-state index in [1.54, 1.807) is 13.2 Å². The fourth-order valence-corrected chi connectivity index (χ4v) is 3.60. The molecule has 1 fully saturated rings. The lowest BCUT2D eigenvalue weighted by molar-refractivity contribution is -0.150. The van der Waals surface area contributed by atoms with Gasteiger partial charge in [0.25, 0.3) is 5.91 Å². The Hall–Kier alpha value is -3.16. The van der Waals surface area contributed by atoms with Crippen LogP contribution in [-0.4, -0.2) is 48.9 Å². The number of benzene rings is 1. The molecule has 0 saturated carbocycles. The van der Waals surface area contributed by atoms with Crippen LogP contribution in [0.3, 0.4) is 0 Å². The van der Waals surface area contributed by atoms with E-state index in [1.165, 1.54) is 0 Å². The lowest BCUT2D eigenvalue weighted by Crippen LogP contribution is -2.34. The first-order valence-corrected chi connectivity index (χ1v) is 9.55. The molecule has 29 heavy (non-hydrogen) atoms. The second kappa shape index (κ2) is 9.36. The van der Waals surface area contributed by atoms with Crippen molar-refractivity contribution in [2.75, 3.05) is 20.3 Å². The van der Waals surface area contributed by atoms with Gasteiger partial charge in [0.2, 0.25) is 11.8 Å². The summed E-state index contributed by atoms with van der Waals surface area (Å²) in [6, 6.07) is 7.27. The van der Waals surface area contributed by atoms with Gasteiger partial charge in [-0.25, -0.2) is 0 Å². The lowest BCUT2D eigenvalue weighted by atomic mass is 9.85. The zero-order chi connectivity index (χ0) is 20.8. The third-order valence-electron chi connectivity index (χ3n) is 5.17. The minimum atomic E-state index is -0.633. The summed E-state index contributed by atoms with van der Waals surface area (Å²) in [6.07, 6.45) is 4.80. The van der Waals surface area contributed by atoms with E-state index in [2.05, 4.69) is 5.32 Å². The van der Waals surface area contributed by atoms with Crippen LogP contribution in [-0.2, 0) is 30.5 Å². The van der Waals surface area contributed by atoms with Gasteiger partial charge in [0.1, 0.15) is 5.75 Å². The molecule has 1 aromatic carbocycles. The van der Waals surface area contributed by atoms with Crippen LogP contribution in [0.1, 0.15) is 24.8 Å². The highest BCUT2D eigenvalue weighted by Gasteiger charge is 2.46. The third-order valence-corrected chi connectivity index (χ3v) is 5.17. The molecule has 0 radical (unpaired) electrons. The highest BCUT2D eigenvalue weighted by atomic mass is 16.5. The Labute approximate surface area is 168 Å². The molecular formula is C21H24N2O6. The number of allylic oxidation sites excluding steroid dienone is 2. The molecule has 0 aromatic heterocycles. The van der Waals surface area contributed by atoms with Gasteiger partial charge in [0, 0.05) is 18.7 Å². The van der Waals surface area contributed by atoms with E-state index >= 15 is 0 Å². The standard InChI is InChI=1S/C21H24N2O6/c1-28-17-9-5-2-6-14(17)12-22-18(24)13-29-19(25)10-11-23-20(26)15-7-3-4-8-16(15)21(23)27/h2-6,9,15-16H,7-8,10-13H2,1H3,(H,22,24)/t15-,16-/m0/s1. The van der Waals surface area contributed by atoms with E-state index in [0.717, 1.165) is 10.5 Å². The van der Waals surface area contributed by atoms with Crippen LogP contribution in [0.2, 0.25) is 0 Å². The number of esters is 1. The monoisotopic (exact) mass is 400 g/mol. The van der Waals surface area contributed by atoms with Crippen LogP contribution >= 0.6 is 0 Å². The van der Waals surface area contributed by atoms with Gasteiger partial charge in [-0.1, -0.05) is 30.4 Å². The first-order valence-electron chi connectivity index (χ1n) is 9.55. The van der Waals surface area contributed by atoms with Crippen molar-refractivity contribution in [2.45, 2.75) is 25.8 Å². The first-order chi connectivity index (χ1) is 14.0. The van der Waals surface area contributed by atoms with Crippen molar-refractivity contribution in [3.05, 3.63) is 42.0 Å². The molecule has 154 valence electrons. The average molecular weight is 400 g/mol. The van der Waals surface area contributed by atoms with Crippen LogP contribution in [0.4, 0.5) is 0 Å². The number of fused-ring (bicyclic) bond motifs is 1. The zero-order valence-electron chi connectivity index (χ0n) is 16.3. The number of hydrogen-bond acceptors (Lipinski definition) is 6. The zero-order valence-corrected chi connectivity index (χ0v) is 16.3. The normalized spacial score (nSPS) is 20.4. The Bertz CT molecular complexity index is 808. The number of para-hydroxylation sites is 1. The summed E-state index contributed by atoms with van der Waals surface area (Å²) < 4.78 is 10.2. The van der Waals surface area contributed by atoms with Gasteiger partial charge in [-0.3, -0.25) is 24.1 Å². The van der Waals surface area contributed by atoms with Crippen LogP contribution in [0.25, 0.3) is 0 Å². The number of nitrogens with one attached hydrogen (secondary N) is 1. The topological polar surface area (TPSA) is 102 Å². The quantitative estimate of drug-likeness (QED) is 0.400. The number of likely N-dealkylation sites (tertiary alicyclic amines) is 1. The number of hydrogen-bond donors (Lipinski definition) is 1. The molecule has 1 aromatic rings. The molecule has 1 aliphatic heterocycles. The molecule has 0 bridgehead atoms. The molecular weight excluding hydrogens is 376 g/mol. The van der Waals surface area contributed by atoms with Crippen LogP contribution in [0.15, 0.2) is 36.4 Å². The maximum atomic E-state index is 12.3. The SMILES string of the molecule is COc1ccccc1CNC(=O)COC(=O)CCN1C(=O)[C@H]2CC=CC[C@@H]2C1=O. The predicted octanol–water partition coefficient (Wildman–Crippen LogP) is 1.20. The van der Waals surface area contributed by atoms with Crippen molar-refractivity contribution < 1.29 is 28.7 Å². The second-order valence-electron chi connectivity index (χ2n) is 6.98. The van der Waals surface area contributed by atoms with Gasteiger partial charge < -0.3 is 14.8 Å². The smallest absolute Gasteiger partial charge is 0.308 e. The number of carbonyl (C=O) groups excluding carboxylic acids is 4. The number of ether oxygens (including phenoxy) is 2. The molecule has 1 heterocycles. The summed E-state index contributed by atoms with van der Waals surface area (Å²) in [7, 11) is 1.55. The molecule has 2 aliphatic rings. The summed E-state index contributed by atoms with van der Waals surface area (Å²) >= 11 is 0. The summed E-state index contributed by atoms with van der Waals surface area (Å²) in [4.78, 5) is 49.7. The number of carbonyl (C=O) groups is 4. The Morgan fingerprint density at radius 1 is 1.10 bits per heavy atom. The molecule has 0 spiro atoms. The number of amides is 3. The van der Waals surface area contributed by atoms with Crippen LogP contribution in [0.5, 0.6) is 5.75 Å². The molecule has 0 unspecified atom stereocenters. The maximum absolute atomic E-state index is 12.3. The molecule has 2 atom stereocenters. The van der Waals surface area contributed by atoms with E-state index < -0.39 is 18.5 Å². The van der Waals surface area contributed by atoms with Crippen molar-refractivity contribution in [3.63, 3.8) is 0 Å². The highest BCUT2D eigenvalue weighted by molar-refractivity contribution is 6.05. The number of methoxy groups -OCH3 is 1. The minimum Gasteiger partial charge on any atom is -0.496 e. The van der Waals surface area contributed by atoms with E-state index in [1.807, 2.05) is 30.4 Å². The largest absolute Gasteiger partial charge is 0.496 e. The number of nitrogens with zero attached hydrogens (tertiary/aromatic N) is 1. The Morgan fingerprint density at radius 2 is 1.76 bits per heavy atom. The summed E-state index contributed by atoms with van der Waals surface area (Å²) in [5.74, 6) is -1.52. The van der Waals surface area contributed by atoms with Crippen LogP contribution in [0, 0.1) is 11.8 Å². The lowest BCUT2D eigenvalue weighted by Gasteiger charge is -2.14. The Kier molecular flexibility index (Phi) is 6.64. The molecule has 1 N–H and O–H groups in total. The van der Waals surface area contributed by atoms with E-state index in [0.29, 0.717) is 18.6 Å². The van der Waals surface area contributed by atoms with Gasteiger partial charge in [-0.15, -0.1) is 0 Å². The molecule has 1 aliphatic carbocycles. The molecule has 8 nitrogen and oxygen atoms in total. The molecule has 3 amide bonds. The maximum Gasteiger partial charge on any atom is 0.308 e. The number of rotatable bonds is 8. The Morgan fingerprint density at radius 3 is 2.41 bits per heavy atom. The van der Waals surface area contributed by atoms with Gasteiger partial charge in [-0.2, -0.15) is 0 Å². The summed E-state index contributed by atoms with van der Waals surface area (Å²) in [5, 5.41) is 2.65. The van der Waals surface area contributed by atoms with Crippen molar-refractivity contribution in [3.8, 4) is 5.75 Å². The van der Waals surface area contributed by atoms with Gasteiger partial charge in [-0.05, 0) is 18.9 Å². The second-order valence-corrected chi connectivity index (χ2v) is 6.98. The molecule has 3 rings (SSSR count). The summed E-state index contributed by atoms with van der Waals surface area (Å²) in [5.41, 5.74) is 0.802. The summed E-state index contributed by atoms with van der Waals surface area (Å²) in [6.45, 7) is -0.203. The van der Waals surface area contributed by atoms with Crippen molar-refractivity contribution in [1.82, 2.24) is 10.2 Å². The third kappa shape index (κ3) is 4.82. The Balaban J connectivity index is 1.39. The van der Waals surface area contributed by atoms with Crippen molar-refractivity contribution in [2.24, 2.45) is 11.8 Å². The fraction of sp³-hybridized carbons (Fsp3) is 0.429. The van der Waals surface area contributed by atoms with Gasteiger partial charge in [0.15, 0.2) is 6.61 Å². The fourth-order valence-electron chi connectivity index (χ4n) is 3.60. The van der Waals surface area contributed by atoms with E-state index in [-0.39, 0.29) is 43.2 Å². The van der Waals surface area contributed by atoms with Gasteiger partial charge in [0.05, 0.1) is 25.4 Å².